The van der Waals surface area contributed by atoms with E-state index < -0.39 is 53.1 Å². The molecule has 3 saturated carbocycles. The zero-order valence-electron chi connectivity index (χ0n) is 85.0. The predicted molar refractivity (Wildman–Crippen MR) is 560 cm³/mol. The maximum atomic E-state index is 13.4. The number of carbonyl (C=O) groups excluding carboxylic acids is 4. The van der Waals surface area contributed by atoms with Crippen LogP contribution in [-0.2, 0) is 39.0 Å². The number of anilines is 5. The van der Waals surface area contributed by atoms with E-state index in [-0.39, 0.29) is 64.5 Å². The average molecular weight is 2090 g/mol. The highest BCUT2D eigenvalue weighted by Gasteiger charge is 2.39. The van der Waals surface area contributed by atoms with Gasteiger partial charge in [-0.25, -0.2) is 37.3 Å². The van der Waals surface area contributed by atoms with Gasteiger partial charge in [-0.05, 0) is 259 Å². The molecule has 6 atom stereocenters. The molecule has 806 valence electrons. The van der Waals surface area contributed by atoms with Crippen LogP contribution in [0.1, 0.15) is 163 Å². The predicted octanol–water partition coefficient (Wildman–Crippen LogP) is 20.9. The van der Waals surface area contributed by atoms with Crippen LogP contribution in [0.3, 0.4) is 0 Å². The average Bonchev–Trinajstić information content (AvgIpc) is 1.68. The molecule has 18 rings (SSSR count). The van der Waals surface area contributed by atoms with Crippen LogP contribution >= 0.6 is 0 Å². The second-order valence-electron chi connectivity index (χ2n) is 39.3. The first-order valence-electron chi connectivity index (χ1n) is 51.7. The van der Waals surface area contributed by atoms with Crippen molar-refractivity contribution in [1.82, 2.24) is 91.1 Å². The maximum absolute atomic E-state index is 13.4. The standard InChI is InChI=1S/C30H38FN11O.C27H35F3N4O2.C27H29F3N4O2.C26H32F4N4O.2H2/c1-40-28(34-36-38-40)23-15-24(29-35-37-39-41(29)2)17-26(16-23)32-30(43)33-27-8-4-3-7-22(27)19-42-13-5-6-21(18-42)14-20-9-11-25(31)12-10-20;1-36-25-10-6-5-9-23(25)32-26(35)31-19-24(20-11-13-21(14-12-20)27(28,29)30)34-17-15-33(16-18-34)22-7-3-2-4-8-22;1-36-24-13-11-22(12-14-24)32-26(35)31-19-25(20-7-9-21(10-8-20)27(28,29)30)34-17-15-33(16-18-34)23-5-3-2-4-6-23;27-21-10-12-22(13-11-21)32-25(35)31-18-24(19-6-8-20(9-7-19)26(28,29)30)34-16-14-33(15-17-34)23-4-2-1-3-5-23;;/h9-12,15-17,21-22,27H,3-8,13-14,18-19H2,1-2H3,(H2,32,33,43);5-6,9-14,22,24H,2-4,7-8,15-19H2,1H3,(H2,31,32,35);2-14,25H,15-19H2,1H3,(H2,31,32,35);6-13,23-24H,1-5,14-18H2,(H2,31,32,35);2*1H/t21-,22-,27+;;;;;/m0...../s1. The van der Waals surface area contributed by atoms with Gasteiger partial charge in [0.15, 0.2) is 11.6 Å². The summed E-state index contributed by atoms with van der Waals surface area (Å²) < 4.78 is 158. The second-order valence-corrected chi connectivity index (χ2v) is 39.3. The molecule has 2 aromatic heterocycles. The van der Waals surface area contributed by atoms with Crippen molar-refractivity contribution in [3.8, 4) is 34.3 Å². The van der Waals surface area contributed by atoms with Gasteiger partial charge < -0.3 is 61.8 Å². The van der Waals surface area contributed by atoms with Gasteiger partial charge in [0, 0.05) is 180 Å². The number of piperidine rings is 1. The van der Waals surface area contributed by atoms with Crippen LogP contribution in [0.4, 0.5) is 95.9 Å². The minimum atomic E-state index is -4.40. The molecule has 8 N–H and O–H groups in total. The monoisotopic (exact) mass is 2090 g/mol. The number of nitrogens with one attached hydrogen (secondary N) is 8. The van der Waals surface area contributed by atoms with Crippen molar-refractivity contribution in [2.45, 2.75) is 164 Å². The lowest BCUT2D eigenvalue weighted by Gasteiger charge is -2.43. The number of likely N-dealkylation sites (tertiary alicyclic amines) is 1. The van der Waals surface area contributed by atoms with Crippen LogP contribution in [-0.4, -0.2) is 244 Å². The molecular formula is C110H138F11N23O6. The number of hydrogen-bond acceptors (Lipinski definition) is 19. The number of piperazine rings is 3. The van der Waals surface area contributed by atoms with Crippen molar-refractivity contribution in [3.63, 3.8) is 0 Å². The molecule has 29 nitrogen and oxygen atoms in total. The van der Waals surface area contributed by atoms with Crippen LogP contribution in [0.5, 0.6) is 11.5 Å². The van der Waals surface area contributed by atoms with Crippen LogP contribution < -0.4 is 56.9 Å². The van der Waals surface area contributed by atoms with Crippen LogP contribution in [0.2, 0.25) is 0 Å². The molecule has 6 heterocycles. The summed E-state index contributed by atoms with van der Waals surface area (Å²) in [6, 6.07) is 56.9. The number of amides is 8. The van der Waals surface area contributed by atoms with E-state index in [0.717, 1.165) is 187 Å². The Kier molecular flexibility index (Phi) is 39.4. The van der Waals surface area contributed by atoms with E-state index in [9.17, 15) is 67.5 Å². The van der Waals surface area contributed by atoms with Gasteiger partial charge in [-0.15, -0.1) is 10.2 Å². The molecule has 3 aliphatic carbocycles. The number of tetrazole rings is 2. The van der Waals surface area contributed by atoms with Crippen molar-refractivity contribution in [1.29, 1.82) is 0 Å². The number of aromatic nitrogens is 8. The zero-order chi connectivity index (χ0) is 106. The molecule has 0 bridgehead atoms. The first-order chi connectivity index (χ1) is 72.4. The van der Waals surface area contributed by atoms with Gasteiger partial charge in [0.05, 0.1) is 54.7 Å². The molecule has 3 unspecified atom stereocenters. The molecule has 0 spiro atoms. The van der Waals surface area contributed by atoms with E-state index in [1.54, 1.807) is 85.2 Å². The molecule has 4 saturated heterocycles. The summed E-state index contributed by atoms with van der Waals surface area (Å²) in [4.78, 5) is 67.8. The largest absolute Gasteiger partial charge is 0.497 e. The Morgan fingerprint density at radius 1 is 0.407 bits per heavy atom. The van der Waals surface area contributed by atoms with E-state index in [1.165, 1.54) is 150 Å². The summed E-state index contributed by atoms with van der Waals surface area (Å²) in [6.07, 6.45) is 7.17. The molecule has 7 aliphatic rings. The highest BCUT2D eigenvalue weighted by Crippen LogP contribution is 2.39. The van der Waals surface area contributed by atoms with Gasteiger partial charge in [0.1, 0.15) is 23.1 Å². The number of halogens is 11. The summed E-state index contributed by atoms with van der Waals surface area (Å²) in [6.45, 7) is 13.7. The van der Waals surface area contributed by atoms with Crippen molar-refractivity contribution >= 4 is 52.6 Å². The Labute approximate surface area is 870 Å². The molecular weight excluding hydrogens is 1950 g/mol. The van der Waals surface area contributed by atoms with E-state index in [1.807, 2.05) is 54.6 Å². The Bertz CT molecular complexity index is 6000. The molecule has 7 fully saturated rings. The summed E-state index contributed by atoms with van der Waals surface area (Å²) in [7, 11) is 6.63. The fourth-order valence-electron chi connectivity index (χ4n) is 21.4. The summed E-state index contributed by atoms with van der Waals surface area (Å²) in [5.74, 6) is 2.72. The minimum absolute atomic E-state index is 0. The number of benzene rings is 9. The fraction of sp³-hybridized carbons (Fsp3) is 0.455. The number of urea groups is 4. The Morgan fingerprint density at radius 2 is 0.820 bits per heavy atom. The number of aryl methyl sites for hydroxylation is 2. The summed E-state index contributed by atoms with van der Waals surface area (Å²) >= 11 is 0. The maximum Gasteiger partial charge on any atom is 0.416 e. The van der Waals surface area contributed by atoms with Crippen molar-refractivity contribution < 1.29 is 79.8 Å². The van der Waals surface area contributed by atoms with Gasteiger partial charge in [-0.1, -0.05) is 130 Å². The van der Waals surface area contributed by atoms with Gasteiger partial charge >= 0.3 is 42.7 Å². The lowest BCUT2D eigenvalue weighted by molar-refractivity contribution is -0.138. The van der Waals surface area contributed by atoms with E-state index in [0.29, 0.717) is 82.9 Å². The number of carbonyl (C=O) groups is 4. The first kappa shape index (κ1) is 111. The summed E-state index contributed by atoms with van der Waals surface area (Å²) in [5, 5.41) is 46.9. The van der Waals surface area contributed by atoms with Crippen molar-refractivity contribution in [3.05, 3.63) is 269 Å². The van der Waals surface area contributed by atoms with Crippen LogP contribution in [0.25, 0.3) is 22.8 Å². The Hall–Kier alpha value is -13.4. The highest BCUT2D eigenvalue weighted by atomic mass is 19.4. The van der Waals surface area contributed by atoms with Gasteiger partial charge in [0.2, 0.25) is 0 Å². The normalized spacial score (nSPS) is 18.8. The smallest absolute Gasteiger partial charge is 0.416 e. The third kappa shape index (κ3) is 32.1. The SMILES string of the molecule is COc1ccc(NC(=O)NCC(c2ccc(C(F)(F)F)cc2)N2CCN(c3ccccc3)CC2)cc1.COc1ccccc1NC(=O)NCC(c1ccc(C(F)(F)F)cc1)N1CCN(C2CCCCC2)CC1.Cn1nnnc1-c1cc(NC(=O)N[C@@H]2CCCC[C@H]2CN2CCC[C@@H](Cc3ccc(F)cc3)C2)cc(-c2nnnn2C)c1.O=C(NCC(c1ccc(C(F)(F)F)cc1)N1CCN(C2CCCCC2)CC1)Nc1ccc(F)cc1.[HH].[HH]. The molecule has 40 heteroatoms. The summed E-state index contributed by atoms with van der Waals surface area (Å²) in [5.41, 5.74) is 6.17. The van der Waals surface area contributed by atoms with Gasteiger partial charge in [0.25, 0.3) is 0 Å². The fourth-order valence-corrected chi connectivity index (χ4v) is 21.4. The number of rotatable bonds is 28. The molecule has 8 amide bonds. The van der Waals surface area contributed by atoms with Crippen molar-refractivity contribution in [2.75, 3.05) is 158 Å². The molecule has 4 aliphatic heterocycles. The quantitative estimate of drug-likeness (QED) is 0.0211. The number of hydrogen-bond donors (Lipinski definition) is 8. The van der Waals surface area contributed by atoms with E-state index in [4.69, 9.17) is 9.47 Å². The van der Waals surface area contributed by atoms with Crippen LogP contribution in [0.15, 0.2) is 218 Å². The number of alkyl halides is 9. The Morgan fingerprint density at radius 3 is 1.26 bits per heavy atom. The van der Waals surface area contributed by atoms with E-state index >= 15 is 0 Å². The third-order valence-electron chi connectivity index (χ3n) is 29.4. The number of nitrogens with zero attached hydrogens (tertiary/aromatic N) is 15. The van der Waals surface area contributed by atoms with E-state index in [2.05, 4.69) is 120 Å². The number of para-hydroxylation sites is 3. The lowest BCUT2D eigenvalue weighted by Crippen LogP contribution is -2.53. The molecule has 0 radical (unpaired) electrons. The molecule has 150 heavy (non-hydrogen) atoms. The van der Waals surface area contributed by atoms with Crippen molar-refractivity contribution in [2.24, 2.45) is 25.9 Å². The Balaban J connectivity index is 0.000000168. The lowest BCUT2D eigenvalue weighted by atomic mass is 9.83. The second kappa shape index (κ2) is 53.3. The van der Waals surface area contributed by atoms with Crippen LogP contribution in [0, 0.1) is 23.5 Å². The molecule has 11 aromatic rings. The van der Waals surface area contributed by atoms with Gasteiger partial charge in [-0.3, -0.25) is 24.5 Å². The first-order valence-corrected chi connectivity index (χ1v) is 51.7. The number of methoxy groups -OCH3 is 2. The zero-order valence-corrected chi connectivity index (χ0v) is 85.0. The highest BCUT2D eigenvalue weighted by molar-refractivity contribution is 5.93. The topological polar surface area (TPSA) is 293 Å². The third-order valence-corrected chi connectivity index (χ3v) is 29.4. The molecule has 9 aromatic carbocycles. The number of ether oxygens (including phenoxy) is 2. The van der Waals surface area contributed by atoms with Gasteiger partial charge in [-0.2, -0.15) is 39.5 Å². The minimum Gasteiger partial charge on any atom is -0.497 e.